The fourth-order valence-corrected chi connectivity index (χ4v) is 15.0. The summed E-state index contributed by atoms with van der Waals surface area (Å²) in [5.74, 6) is 5.06. The van der Waals surface area contributed by atoms with Gasteiger partial charge in [-0.1, -0.05) is 177 Å². The van der Waals surface area contributed by atoms with Gasteiger partial charge in [0.25, 0.3) is 0 Å². The van der Waals surface area contributed by atoms with Gasteiger partial charge in [0, 0.05) is 89.5 Å². The molecule has 10 heterocycles. The molecule has 0 saturated carbocycles. The van der Waals surface area contributed by atoms with Gasteiger partial charge >= 0.3 is 0 Å². The highest BCUT2D eigenvalue weighted by molar-refractivity contribution is 9.10. The molecule has 0 amide bonds. The molecule has 0 bridgehead atoms. The molecule has 18 aromatic rings. The summed E-state index contributed by atoms with van der Waals surface area (Å²) < 4.78 is 16.6. The van der Waals surface area contributed by atoms with E-state index in [-0.39, 0.29) is 20.6 Å². The third-order valence-electron chi connectivity index (χ3n) is 19.1. The zero-order valence-electron chi connectivity index (χ0n) is 56.3. The predicted molar refractivity (Wildman–Crippen MR) is 423 cm³/mol. The molecule has 0 fully saturated rings. The second-order valence-electron chi connectivity index (χ2n) is 26.5. The number of phenols is 1. The Morgan fingerprint density at radius 2 is 0.733 bits per heavy atom. The van der Waals surface area contributed by atoms with Crippen LogP contribution in [0.5, 0.6) is 17.2 Å². The lowest BCUT2D eigenvalue weighted by Gasteiger charge is -2.20. The van der Waals surface area contributed by atoms with Crippen LogP contribution in [0.3, 0.4) is 0 Å². The van der Waals surface area contributed by atoms with E-state index in [1.807, 2.05) is 97.7 Å². The number of rotatable bonds is 10. The van der Waals surface area contributed by atoms with Gasteiger partial charge in [-0.05, 0) is 167 Å². The number of aromatic nitrogens is 10. The van der Waals surface area contributed by atoms with E-state index in [4.69, 9.17) is 19.7 Å². The van der Waals surface area contributed by atoms with Crippen molar-refractivity contribution in [2.24, 2.45) is 0 Å². The van der Waals surface area contributed by atoms with Crippen molar-refractivity contribution in [3.05, 3.63) is 282 Å². The molecule has 8 aromatic carbocycles. The molecule has 0 aliphatic rings. The summed E-state index contributed by atoms with van der Waals surface area (Å²) in [7, 11) is 0. The maximum absolute atomic E-state index is 10.1. The molecule has 13 heteroatoms. The predicted octanol–water partition coefficient (Wildman–Crippen LogP) is 24.1. The maximum atomic E-state index is 10.1. The van der Waals surface area contributed by atoms with Gasteiger partial charge in [0.1, 0.15) is 40.2 Å². The number of phenolic OH excluding ortho intramolecular Hbond substituents is 1. The maximum Gasteiger partial charge on any atom is 0.145 e. The van der Waals surface area contributed by atoms with Gasteiger partial charge in [-0.2, -0.15) is 0 Å². The summed E-state index contributed by atoms with van der Waals surface area (Å²) in [6, 6.07) is 74.7. The number of hydrogen-bond donors (Lipinski definition) is 1. The molecule has 0 atom stereocenters. The van der Waals surface area contributed by atoms with E-state index >= 15 is 0 Å². The molecule has 101 heavy (non-hydrogen) atoms. The Labute approximate surface area is 596 Å². The Hall–Kier alpha value is -11.5. The Kier molecular flexibility index (Phi) is 18.0. The minimum Gasteiger partial charge on any atom is -0.508 e. The van der Waals surface area contributed by atoms with Gasteiger partial charge in [-0.3, -0.25) is 27.9 Å². The van der Waals surface area contributed by atoms with Crippen LogP contribution in [-0.4, -0.2) is 52.9 Å². The minimum absolute atomic E-state index is 0. The molecule has 12 nitrogen and oxygen atoms in total. The number of aromatic hydroxyl groups is 1. The van der Waals surface area contributed by atoms with E-state index in [0.717, 1.165) is 110 Å². The average molecular weight is 1390 g/mol. The van der Waals surface area contributed by atoms with Gasteiger partial charge in [0.2, 0.25) is 0 Å². The molecule has 0 unspecified atom stereocenters. The fraction of sp³-hybridized carbons (Fsp3) is 0.159. The first-order valence-electron chi connectivity index (χ1n) is 33.8. The standard InChI is InChI=1S/C43H35N5O.C26H25N3O.C17H11BrN2.2CH4/c1-26(2)30-12-9-13-31(27(3)4)41(30)39-25-46-43-34-20-18-28(23-35(34)42-37(48(39)43)15-10-22-45-42)49-29-17-19-33-32-11-5-6-14-36(32)47(38(33)24-29)40-16-7-8-21-44-40;1-15(2)18-7-5-8-19(16(3)4)24(18)23-14-28-26-20-11-10-17(30)13-21(20)25-22(29(23)26)9-6-12-27-25;18-12-8-9-14-13-5-1-2-6-15(13)20(16(14)11-12)17-7-3-4-10-19-17;;/h5-27H,1-4H3;5-16,30H,1-4H3;1-11H;2*1H4. The van der Waals surface area contributed by atoms with Crippen molar-refractivity contribution in [3.8, 4) is 51.4 Å². The molecule has 0 aliphatic heterocycles. The summed E-state index contributed by atoms with van der Waals surface area (Å²) in [6.45, 7) is 18.0. The fourth-order valence-electron chi connectivity index (χ4n) is 14.6. The third-order valence-corrected chi connectivity index (χ3v) is 19.6. The van der Waals surface area contributed by atoms with E-state index in [0.29, 0.717) is 23.7 Å². The van der Waals surface area contributed by atoms with Gasteiger partial charge in [0.15, 0.2) is 0 Å². The van der Waals surface area contributed by atoms with Crippen LogP contribution < -0.4 is 4.74 Å². The lowest BCUT2D eigenvalue weighted by atomic mass is 9.87. The van der Waals surface area contributed by atoms with Crippen LogP contribution in [0.25, 0.3) is 133 Å². The summed E-state index contributed by atoms with van der Waals surface area (Å²) in [5.41, 5.74) is 20.1. The topological polar surface area (TPSA) is 125 Å². The van der Waals surface area contributed by atoms with Crippen LogP contribution in [0.1, 0.15) is 116 Å². The number of imidazole rings is 2. The molecule has 1 N–H and O–H groups in total. The molecule has 0 radical (unpaired) electrons. The van der Waals surface area contributed by atoms with Gasteiger partial charge < -0.3 is 9.84 Å². The Morgan fingerprint density at radius 1 is 0.337 bits per heavy atom. The quantitative estimate of drug-likeness (QED) is 0.134. The summed E-state index contributed by atoms with van der Waals surface area (Å²) in [4.78, 5) is 28.7. The Bertz CT molecular complexity index is 6090. The Balaban J connectivity index is 0.000000141. The van der Waals surface area contributed by atoms with E-state index in [2.05, 4.69) is 244 Å². The van der Waals surface area contributed by atoms with E-state index in [1.54, 1.807) is 18.3 Å². The molecular formula is C88H79BrN10O2. The first-order chi connectivity index (χ1) is 48.3. The molecular weight excluding hydrogens is 1310 g/mol. The van der Waals surface area contributed by atoms with Crippen LogP contribution in [0.4, 0.5) is 0 Å². The lowest BCUT2D eigenvalue weighted by Crippen LogP contribution is -2.03. The van der Waals surface area contributed by atoms with Gasteiger partial charge in [-0.25, -0.2) is 19.9 Å². The number of benzene rings is 8. The lowest BCUT2D eigenvalue weighted by molar-refractivity contribution is 0.476. The van der Waals surface area contributed by atoms with Crippen molar-refractivity contribution in [3.63, 3.8) is 0 Å². The summed E-state index contributed by atoms with van der Waals surface area (Å²) >= 11 is 3.56. The third kappa shape index (κ3) is 11.6. The van der Waals surface area contributed by atoms with Crippen LogP contribution in [-0.2, 0) is 0 Å². The van der Waals surface area contributed by atoms with Crippen molar-refractivity contribution in [1.29, 1.82) is 0 Å². The van der Waals surface area contributed by atoms with Crippen LogP contribution in [0.2, 0.25) is 0 Å². The van der Waals surface area contributed by atoms with Crippen molar-refractivity contribution in [1.82, 2.24) is 47.8 Å². The first kappa shape index (κ1) is 66.7. The van der Waals surface area contributed by atoms with E-state index < -0.39 is 0 Å². The largest absolute Gasteiger partial charge is 0.508 e. The number of hydrogen-bond acceptors (Lipinski definition) is 8. The van der Waals surface area contributed by atoms with Crippen molar-refractivity contribution < 1.29 is 9.84 Å². The Morgan fingerprint density at radius 3 is 1.21 bits per heavy atom. The zero-order chi connectivity index (χ0) is 67.7. The van der Waals surface area contributed by atoms with Crippen molar-refractivity contribution in [2.75, 3.05) is 0 Å². The minimum atomic E-state index is 0. The molecule has 0 spiro atoms. The SMILES string of the molecule is Brc1ccc2c3ccccc3n(-c3ccccn3)c2c1.C.C.CC(C)c1cccc(C(C)C)c1-c1cnc2c3ccc(O)cc3c3ncccc3n12.CC(C)c1cccc(C(C)C)c1-c1cnc2c3ccc(Oc4ccc5c6ccccc6n(-c6ccccn6)c5c4)cc3c3ncccc3n12. The number of nitrogens with zero attached hydrogens (tertiary/aromatic N) is 10. The number of halogens is 1. The van der Waals surface area contributed by atoms with Crippen LogP contribution in [0, 0.1) is 0 Å². The molecule has 0 aliphatic carbocycles. The van der Waals surface area contributed by atoms with Gasteiger partial charge in [-0.15, -0.1) is 0 Å². The van der Waals surface area contributed by atoms with Crippen molar-refractivity contribution >= 4 is 114 Å². The highest BCUT2D eigenvalue weighted by Gasteiger charge is 2.25. The summed E-state index contributed by atoms with van der Waals surface area (Å²) in [6.07, 6.45) is 11.3. The molecule has 500 valence electrons. The molecule has 0 saturated heterocycles. The highest BCUT2D eigenvalue weighted by Crippen LogP contribution is 2.44. The normalized spacial score (nSPS) is 11.7. The molecule has 10 aromatic heterocycles. The van der Waals surface area contributed by atoms with Crippen LogP contribution >= 0.6 is 15.9 Å². The monoisotopic (exact) mass is 1390 g/mol. The van der Waals surface area contributed by atoms with E-state index in [1.165, 1.54) is 60.6 Å². The number of ether oxygens (including phenoxy) is 1. The summed E-state index contributed by atoms with van der Waals surface area (Å²) in [5, 5.41) is 18.8. The number of para-hydroxylation sites is 2. The second kappa shape index (κ2) is 27.3. The highest BCUT2D eigenvalue weighted by atomic mass is 79.9. The van der Waals surface area contributed by atoms with Crippen molar-refractivity contribution in [2.45, 2.75) is 93.9 Å². The smallest absolute Gasteiger partial charge is 0.145 e. The second-order valence-corrected chi connectivity index (χ2v) is 27.5. The van der Waals surface area contributed by atoms with Crippen LogP contribution in [0.15, 0.2) is 260 Å². The van der Waals surface area contributed by atoms with E-state index in [9.17, 15) is 5.11 Å². The first-order valence-corrected chi connectivity index (χ1v) is 34.6. The average Bonchev–Trinajstić information content (AvgIpc) is 1.68. The van der Waals surface area contributed by atoms with Gasteiger partial charge in [0.05, 0.1) is 67.9 Å². The number of fused-ring (bicyclic) bond motifs is 18. The molecule has 18 rings (SSSR count). The zero-order valence-corrected chi connectivity index (χ0v) is 57.8. The number of pyridine rings is 6.